The van der Waals surface area contributed by atoms with E-state index in [4.69, 9.17) is 17.0 Å². The molecule has 1 saturated heterocycles. The van der Waals surface area contributed by atoms with E-state index < -0.39 is 0 Å². The molecular formula is C16H24N4O2S. The average Bonchev–Trinajstić information content (AvgIpc) is 2.78. The van der Waals surface area contributed by atoms with Crippen molar-refractivity contribution in [1.82, 2.24) is 20.7 Å². The zero-order valence-corrected chi connectivity index (χ0v) is 14.8. The highest BCUT2D eigenvalue weighted by Gasteiger charge is 2.44. The molecule has 1 aliphatic rings. The van der Waals surface area contributed by atoms with Crippen LogP contribution >= 0.6 is 12.2 Å². The zero-order chi connectivity index (χ0) is 17.0. The molecule has 7 heteroatoms. The first kappa shape index (κ1) is 17.7. The van der Waals surface area contributed by atoms with Crippen molar-refractivity contribution in [2.45, 2.75) is 32.1 Å². The third-order valence-corrected chi connectivity index (χ3v) is 4.43. The number of carbonyl (C=O) groups excluding carboxylic acids is 1. The fourth-order valence-electron chi connectivity index (χ4n) is 2.68. The van der Waals surface area contributed by atoms with Gasteiger partial charge in [0, 0.05) is 7.05 Å². The van der Waals surface area contributed by atoms with E-state index >= 15 is 0 Å². The number of methoxy groups -OCH3 is 1. The summed E-state index contributed by atoms with van der Waals surface area (Å²) < 4.78 is 5.24. The molecule has 0 aromatic heterocycles. The van der Waals surface area contributed by atoms with Crippen LogP contribution in [0.25, 0.3) is 0 Å². The van der Waals surface area contributed by atoms with Crippen molar-refractivity contribution >= 4 is 23.1 Å². The molecular weight excluding hydrogens is 312 g/mol. The zero-order valence-electron chi connectivity index (χ0n) is 14.0. The minimum atomic E-state index is -0.338. The maximum Gasteiger partial charge on any atom is 0.257 e. The second kappa shape index (κ2) is 7.72. The standard InChI is InChI=1S/C16H24N4O2S/c1-5-13(23)18-15-14(17-2)16(21)20(19(15)3)10-11-7-6-8-12(9-11)22-4/h6-9,14-15,17H,5,10H2,1-4H3,(H,18,23). The second-order valence-electron chi connectivity index (χ2n) is 5.45. The first-order valence-electron chi connectivity index (χ1n) is 7.65. The van der Waals surface area contributed by atoms with Gasteiger partial charge in [0.1, 0.15) is 18.0 Å². The van der Waals surface area contributed by atoms with Gasteiger partial charge >= 0.3 is 0 Å². The molecule has 2 rings (SSSR count). The summed E-state index contributed by atoms with van der Waals surface area (Å²) in [4.78, 5) is 13.4. The number of nitrogens with one attached hydrogen (secondary N) is 2. The highest BCUT2D eigenvalue weighted by atomic mass is 32.1. The van der Waals surface area contributed by atoms with Crippen LogP contribution in [0.15, 0.2) is 24.3 Å². The van der Waals surface area contributed by atoms with Crippen molar-refractivity contribution in [3.63, 3.8) is 0 Å². The Morgan fingerprint density at radius 2 is 2.17 bits per heavy atom. The molecule has 6 nitrogen and oxygen atoms in total. The van der Waals surface area contributed by atoms with Crippen LogP contribution < -0.4 is 15.4 Å². The van der Waals surface area contributed by atoms with Gasteiger partial charge in [0.25, 0.3) is 5.91 Å². The summed E-state index contributed by atoms with van der Waals surface area (Å²) in [6.45, 7) is 2.48. The van der Waals surface area contributed by atoms with Crippen LogP contribution in [-0.2, 0) is 11.3 Å². The molecule has 1 aliphatic heterocycles. The number of hydrogen-bond donors (Lipinski definition) is 2. The van der Waals surface area contributed by atoms with Crippen molar-refractivity contribution in [3.05, 3.63) is 29.8 Å². The van der Waals surface area contributed by atoms with Crippen molar-refractivity contribution in [1.29, 1.82) is 0 Å². The Balaban J connectivity index is 2.18. The Labute approximate surface area is 142 Å². The molecule has 1 fully saturated rings. The molecule has 0 aliphatic carbocycles. The Hall–Kier alpha value is -1.70. The summed E-state index contributed by atoms with van der Waals surface area (Å²) in [5, 5.41) is 9.97. The van der Waals surface area contributed by atoms with Crippen LogP contribution in [0.4, 0.5) is 0 Å². The Kier molecular flexibility index (Phi) is 5.92. The monoisotopic (exact) mass is 336 g/mol. The molecule has 0 saturated carbocycles. The highest BCUT2D eigenvalue weighted by Crippen LogP contribution is 2.21. The van der Waals surface area contributed by atoms with E-state index in [1.807, 2.05) is 43.2 Å². The van der Waals surface area contributed by atoms with Crippen LogP contribution in [0, 0.1) is 0 Å². The van der Waals surface area contributed by atoms with Crippen LogP contribution in [0.5, 0.6) is 5.75 Å². The average molecular weight is 336 g/mol. The van der Waals surface area contributed by atoms with E-state index in [-0.39, 0.29) is 18.1 Å². The van der Waals surface area contributed by atoms with Gasteiger partial charge in [-0.1, -0.05) is 31.3 Å². The lowest BCUT2D eigenvalue weighted by molar-refractivity contribution is -0.139. The van der Waals surface area contributed by atoms with Crippen molar-refractivity contribution in [3.8, 4) is 5.75 Å². The molecule has 2 unspecified atom stereocenters. The van der Waals surface area contributed by atoms with Gasteiger partial charge in [0.05, 0.1) is 18.6 Å². The van der Waals surface area contributed by atoms with E-state index in [9.17, 15) is 4.79 Å². The molecule has 0 bridgehead atoms. The first-order chi connectivity index (χ1) is 11.0. The normalized spacial score (nSPS) is 21.6. The summed E-state index contributed by atoms with van der Waals surface area (Å²) in [6, 6.07) is 7.39. The van der Waals surface area contributed by atoms with Crippen LogP contribution in [0.1, 0.15) is 18.9 Å². The van der Waals surface area contributed by atoms with Crippen LogP contribution in [0.2, 0.25) is 0 Å². The number of carbonyl (C=O) groups is 1. The molecule has 2 atom stereocenters. The SMILES string of the molecule is CCC(=S)NC1C(NC)C(=O)N(Cc2cccc(OC)c2)N1C. The molecule has 0 radical (unpaired) electrons. The quantitative estimate of drug-likeness (QED) is 0.760. The number of hydrazine groups is 1. The smallest absolute Gasteiger partial charge is 0.257 e. The summed E-state index contributed by atoms with van der Waals surface area (Å²) in [5.74, 6) is 0.804. The van der Waals surface area contributed by atoms with Crippen molar-refractivity contribution in [2.75, 3.05) is 21.2 Å². The summed E-state index contributed by atoms with van der Waals surface area (Å²) >= 11 is 5.27. The van der Waals surface area contributed by atoms with E-state index in [1.54, 1.807) is 19.2 Å². The number of thiocarbonyl (C=S) groups is 1. The molecule has 126 valence electrons. The van der Waals surface area contributed by atoms with Gasteiger partial charge < -0.3 is 15.4 Å². The number of benzene rings is 1. The van der Waals surface area contributed by atoms with Crippen molar-refractivity contribution < 1.29 is 9.53 Å². The Morgan fingerprint density at radius 3 is 2.78 bits per heavy atom. The topological polar surface area (TPSA) is 56.8 Å². The lowest BCUT2D eigenvalue weighted by Gasteiger charge is -2.29. The number of likely N-dealkylation sites (N-methyl/N-ethyl adjacent to an activating group) is 2. The van der Waals surface area contributed by atoms with Gasteiger partial charge in [-0.05, 0) is 31.2 Å². The van der Waals surface area contributed by atoms with Crippen molar-refractivity contribution in [2.24, 2.45) is 0 Å². The second-order valence-corrected chi connectivity index (χ2v) is 5.95. The molecule has 1 amide bonds. The van der Waals surface area contributed by atoms with E-state index in [2.05, 4.69) is 10.6 Å². The predicted molar refractivity (Wildman–Crippen MR) is 94.0 cm³/mol. The lowest BCUT2D eigenvalue weighted by atomic mass is 10.2. The number of hydrogen-bond acceptors (Lipinski definition) is 5. The molecule has 2 N–H and O–H groups in total. The molecule has 1 aromatic carbocycles. The molecule has 1 aromatic rings. The highest BCUT2D eigenvalue weighted by molar-refractivity contribution is 7.80. The summed E-state index contributed by atoms with van der Waals surface area (Å²) in [6.07, 6.45) is 0.561. The summed E-state index contributed by atoms with van der Waals surface area (Å²) in [5.41, 5.74) is 1.01. The van der Waals surface area contributed by atoms with Gasteiger partial charge in [-0.15, -0.1) is 0 Å². The molecule has 0 spiro atoms. The fourth-order valence-corrected chi connectivity index (χ4v) is 2.80. The largest absolute Gasteiger partial charge is 0.497 e. The fraction of sp³-hybridized carbons (Fsp3) is 0.500. The third kappa shape index (κ3) is 3.80. The number of nitrogens with zero attached hydrogens (tertiary/aromatic N) is 2. The van der Waals surface area contributed by atoms with E-state index in [1.165, 1.54) is 0 Å². The van der Waals surface area contributed by atoms with Crippen LogP contribution in [-0.4, -0.2) is 54.3 Å². The Morgan fingerprint density at radius 1 is 1.43 bits per heavy atom. The minimum Gasteiger partial charge on any atom is -0.497 e. The number of amides is 1. The number of rotatable bonds is 6. The van der Waals surface area contributed by atoms with Gasteiger partial charge in [-0.25, -0.2) is 0 Å². The van der Waals surface area contributed by atoms with E-state index in [0.29, 0.717) is 6.54 Å². The maximum atomic E-state index is 12.7. The van der Waals surface area contributed by atoms with Gasteiger partial charge in [-0.3, -0.25) is 9.80 Å². The van der Waals surface area contributed by atoms with Crippen LogP contribution in [0.3, 0.4) is 0 Å². The van der Waals surface area contributed by atoms with Gasteiger partial charge in [-0.2, -0.15) is 5.01 Å². The Bertz CT molecular complexity index is 581. The lowest BCUT2D eigenvalue weighted by Crippen LogP contribution is -2.53. The molecule has 1 heterocycles. The summed E-state index contributed by atoms with van der Waals surface area (Å²) in [7, 11) is 5.31. The number of ether oxygens (including phenoxy) is 1. The predicted octanol–water partition coefficient (Wildman–Crippen LogP) is 1.13. The maximum absolute atomic E-state index is 12.7. The first-order valence-corrected chi connectivity index (χ1v) is 8.06. The molecule has 23 heavy (non-hydrogen) atoms. The van der Waals surface area contributed by atoms with E-state index in [0.717, 1.165) is 22.7 Å². The van der Waals surface area contributed by atoms with Gasteiger partial charge in [0.2, 0.25) is 0 Å². The van der Waals surface area contributed by atoms with Gasteiger partial charge in [0.15, 0.2) is 0 Å². The minimum absolute atomic E-state index is 0.0224. The third-order valence-electron chi connectivity index (χ3n) is 4.03.